The normalized spacial score (nSPS) is 29.5. The smallest absolute Gasteiger partial charge is 0.303 e. The van der Waals surface area contributed by atoms with Crippen LogP contribution in [-0.4, -0.2) is 36.5 Å². The van der Waals surface area contributed by atoms with Gasteiger partial charge in [-0.05, 0) is 50.4 Å². The average molecular weight is 353 g/mol. The molecule has 1 N–H and O–H groups in total. The second-order valence-electron chi connectivity index (χ2n) is 7.90. The van der Waals surface area contributed by atoms with Gasteiger partial charge in [0.1, 0.15) is 0 Å². The molecule has 2 heterocycles. The Bertz CT molecular complexity index is 420. The van der Waals surface area contributed by atoms with Crippen LogP contribution in [0.1, 0.15) is 71.6 Å². The summed E-state index contributed by atoms with van der Waals surface area (Å²) in [7, 11) is 0. The summed E-state index contributed by atoms with van der Waals surface area (Å²) in [4.78, 5) is 10.5. The molecule has 2 saturated heterocycles. The lowest BCUT2D eigenvalue weighted by atomic mass is 9.78. The van der Waals surface area contributed by atoms with Gasteiger partial charge in [-0.3, -0.25) is 4.79 Å². The Hall–Kier alpha value is -0.870. The molecular weight excluding hydrogens is 316 g/mol. The fraction of sp³-hybridized carbons (Fsp3) is 0.857. The topological polar surface area (TPSA) is 55.8 Å². The molecule has 25 heavy (non-hydrogen) atoms. The van der Waals surface area contributed by atoms with E-state index < -0.39 is 5.97 Å². The van der Waals surface area contributed by atoms with E-state index in [-0.39, 0.29) is 6.42 Å². The lowest BCUT2D eigenvalue weighted by Gasteiger charge is -2.27. The van der Waals surface area contributed by atoms with E-state index in [0.717, 1.165) is 32.5 Å². The number of unbranched alkanes of at least 4 members (excludes halogenated alkanes) is 2. The maximum absolute atomic E-state index is 10.5. The van der Waals surface area contributed by atoms with Gasteiger partial charge in [0.05, 0.1) is 18.8 Å². The van der Waals surface area contributed by atoms with Gasteiger partial charge in [0.15, 0.2) is 0 Å². The molecule has 1 unspecified atom stereocenters. The van der Waals surface area contributed by atoms with Crippen LogP contribution in [0, 0.1) is 17.8 Å². The Morgan fingerprint density at radius 2 is 2.00 bits per heavy atom. The third-order valence-electron chi connectivity index (χ3n) is 5.69. The summed E-state index contributed by atoms with van der Waals surface area (Å²) < 4.78 is 12.2. The Labute approximate surface area is 153 Å². The second-order valence-corrected chi connectivity index (χ2v) is 7.90. The van der Waals surface area contributed by atoms with Gasteiger partial charge in [-0.25, -0.2) is 0 Å². The van der Waals surface area contributed by atoms with E-state index in [1.165, 1.54) is 32.1 Å². The van der Waals surface area contributed by atoms with Crippen LogP contribution in [-0.2, 0) is 14.3 Å². The number of hydrogen-bond acceptors (Lipinski definition) is 3. The van der Waals surface area contributed by atoms with Crippen molar-refractivity contribution in [3.63, 3.8) is 0 Å². The number of aliphatic carboxylic acids is 1. The molecule has 5 atom stereocenters. The molecule has 4 heteroatoms. The first-order valence-corrected chi connectivity index (χ1v) is 10.2. The van der Waals surface area contributed by atoms with E-state index in [1.54, 1.807) is 0 Å². The molecule has 2 aliphatic heterocycles. The third-order valence-corrected chi connectivity index (χ3v) is 5.69. The van der Waals surface area contributed by atoms with Crippen molar-refractivity contribution in [2.24, 2.45) is 17.8 Å². The zero-order valence-electron chi connectivity index (χ0n) is 16.0. The van der Waals surface area contributed by atoms with Crippen molar-refractivity contribution < 1.29 is 19.4 Å². The minimum Gasteiger partial charge on any atom is -0.481 e. The van der Waals surface area contributed by atoms with Crippen molar-refractivity contribution >= 4 is 5.97 Å². The number of ether oxygens (including phenoxy) is 2. The predicted molar refractivity (Wildman–Crippen MR) is 99.6 cm³/mol. The van der Waals surface area contributed by atoms with Gasteiger partial charge in [-0.2, -0.15) is 0 Å². The van der Waals surface area contributed by atoms with Crippen molar-refractivity contribution in [3.8, 4) is 0 Å². The minimum absolute atomic E-state index is 0.258. The molecule has 144 valence electrons. The summed E-state index contributed by atoms with van der Waals surface area (Å²) in [6.45, 7) is 6.21. The fourth-order valence-electron chi connectivity index (χ4n) is 4.21. The first kappa shape index (κ1) is 20.4. The van der Waals surface area contributed by atoms with E-state index in [4.69, 9.17) is 14.6 Å². The molecule has 0 spiro atoms. The molecule has 0 aromatic heterocycles. The van der Waals surface area contributed by atoms with Gasteiger partial charge < -0.3 is 14.6 Å². The molecule has 2 rings (SSSR count). The van der Waals surface area contributed by atoms with Gasteiger partial charge >= 0.3 is 5.97 Å². The van der Waals surface area contributed by atoms with Gasteiger partial charge in [0, 0.05) is 18.9 Å². The number of allylic oxidation sites excluding steroid dienone is 2. The highest BCUT2D eigenvalue weighted by atomic mass is 16.5. The summed E-state index contributed by atoms with van der Waals surface area (Å²) in [6, 6.07) is 0. The molecule has 4 nitrogen and oxygen atoms in total. The maximum Gasteiger partial charge on any atom is 0.303 e. The highest BCUT2D eigenvalue weighted by Crippen LogP contribution is 2.45. The largest absolute Gasteiger partial charge is 0.481 e. The third kappa shape index (κ3) is 6.74. The van der Waals surface area contributed by atoms with Crippen molar-refractivity contribution in [2.75, 3.05) is 13.2 Å². The zero-order valence-corrected chi connectivity index (χ0v) is 16.0. The Kier molecular flexibility index (Phi) is 8.97. The number of carboxylic acid groups (broad SMARTS) is 1. The lowest BCUT2D eigenvalue weighted by Crippen LogP contribution is -2.31. The van der Waals surface area contributed by atoms with Crippen molar-refractivity contribution in [1.82, 2.24) is 0 Å². The van der Waals surface area contributed by atoms with Crippen molar-refractivity contribution in [1.29, 1.82) is 0 Å². The van der Waals surface area contributed by atoms with Crippen LogP contribution in [0.2, 0.25) is 0 Å². The highest BCUT2D eigenvalue weighted by Gasteiger charge is 2.48. The monoisotopic (exact) mass is 352 g/mol. The van der Waals surface area contributed by atoms with Gasteiger partial charge in [-0.1, -0.05) is 38.8 Å². The quantitative estimate of drug-likeness (QED) is 0.381. The summed E-state index contributed by atoms with van der Waals surface area (Å²) in [5.41, 5.74) is 0. The maximum atomic E-state index is 10.5. The molecule has 2 bridgehead atoms. The summed E-state index contributed by atoms with van der Waals surface area (Å²) in [5, 5.41) is 8.66. The number of hydrogen-bond donors (Lipinski definition) is 1. The summed E-state index contributed by atoms with van der Waals surface area (Å²) in [6.07, 6.45) is 14.2. The molecule has 0 amide bonds. The predicted octanol–water partition coefficient (Wildman–Crippen LogP) is 4.82. The number of fused-ring (bicyclic) bond motifs is 2. The Morgan fingerprint density at radius 1 is 1.24 bits per heavy atom. The minimum atomic E-state index is -0.708. The average Bonchev–Trinajstić information content (AvgIpc) is 3.18. The molecule has 0 aliphatic carbocycles. The van der Waals surface area contributed by atoms with E-state index >= 15 is 0 Å². The number of carbonyl (C=O) groups is 1. The van der Waals surface area contributed by atoms with Crippen LogP contribution < -0.4 is 0 Å². The van der Waals surface area contributed by atoms with Crippen LogP contribution in [0.3, 0.4) is 0 Å². The fourth-order valence-corrected chi connectivity index (χ4v) is 4.21. The number of rotatable bonds is 13. The SMILES string of the molecule is CCCCC(C)COC[C@@H]1[C@H](CC=CCCCC(=O)O)[C@@H]2CC[C@H]1O2. The van der Waals surface area contributed by atoms with Crippen LogP contribution >= 0.6 is 0 Å². The Balaban J connectivity index is 1.69. The molecule has 0 saturated carbocycles. The second kappa shape index (κ2) is 11.0. The van der Waals surface area contributed by atoms with Crippen LogP contribution in [0.5, 0.6) is 0 Å². The highest BCUT2D eigenvalue weighted by molar-refractivity contribution is 5.66. The van der Waals surface area contributed by atoms with E-state index in [2.05, 4.69) is 26.0 Å². The van der Waals surface area contributed by atoms with Crippen LogP contribution in [0.15, 0.2) is 12.2 Å². The first-order valence-electron chi connectivity index (χ1n) is 10.2. The van der Waals surface area contributed by atoms with Gasteiger partial charge in [-0.15, -0.1) is 0 Å². The summed E-state index contributed by atoms with van der Waals surface area (Å²) in [5.74, 6) is 1.04. The van der Waals surface area contributed by atoms with E-state index in [1.807, 2.05) is 0 Å². The molecular formula is C21H36O4. The zero-order chi connectivity index (χ0) is 18.1. The van der Waals surface area contributed by atoms with Gasteiger partial charge in [0.25, 0.3) is 0 Å². The van der Waals surface area contributed by atoms with Crippen LogP contribution in [0.25, 0.3) is 0 Å². The number of carboxylic acids is 1. The molecule has 0 aromatic rings. The molecule has 2 fully saturated rings. The molecule has 0 radical (unpaired) electrons. The van der Waals surface area contributed by atoms with E-state index in [9.17, 15) is 4.79 Å². The van der Waals surface area contributed by atoms with E-state index in [0.29, 0.717) is 30.0 Å². The summed E-state index contributed by atoms with van der Waals surface area (Å²) >= 11 is 0. The van der Waals surface area contributed by atoms with Crippen LogP contribution in [0.4, 0.5) is 0 Å². The molecule has 0 aromatic carbocycles. The first-order chi connectivity index (χ1) is 12.1. The lowest BCUT2D eigenvalue weighted by molar-refractivity contribution is -0.137. The van der Waals surface area contributed by atoms with Crippen molar-refractivity contribution in [2.45, 2.75) is 83.8 Å². The molecule has 2 aliphatic rings. The van der Waals surface area contributed by atoms with Crippen molar-refractivity contribution in [3.05, 3.63) is 12.2 Å². The Morgan fingerprint density at radius 3 is 2.72 bits per heavy atom. The van der Waals surface area contributed by atoms with Gasteiger partial charge in [0.2, 0.25) is 0 Å². The standard InChI is InChI=1S/C21H36O4/c1-3-4-9-16(2)14-24-15-18-17(19-12-13-20(18)25-19)10-7-5-6-8-11-21(22)23/h5,7,16-20H,3-4,6,8-15H2,1-2H3,(H,22,23)/t16?,17-,18+,19-,20+/m0/s1.